The summed E-state index contributed by atoms with van der Waals surface area (Å²) >= 11 is 0. The van der Waals surface area contributed by atoms with Crippen LogP contribution in [0.2, 0.25) is 0 Å². The van der Waals surface area contributed by atoms with Crippen molar-refractivity contribution in [1.82, 2.24) is 0 Å². The lowest BCUT2D eigenvalue weighted by atomic mass is 10.2. The van der Waals surface area contributed by atoms with E-state index >= 15 is 0 Å². The molecular formula is C10H14O4. The number of allylic oxidation sites excluding steroid dienone is 1. The smallest absolute Gasteiger partial charge is 0.330 e. The maximum atomic E-state index is 10.9. The van der Waals surface area contributed by atoms with Crippen molar-refractivity contribution in [2.24, 2.45) is 0 Å². The molecule has 0 aromatic heterocycles. The maximum absolute atomic E-state index is 10.9. The average Bonchev–Trinajstić information content (AvgIpc) is 2.14. The van der Waals surface area contributed by atoms with E-state index in [0.29, 0.717) is 6.61 Å². The lowest BCUT2D eigenvalue weighted by Crippen LogP contribution is -2.07. The predicted molar refractivity (Wildman–Crippen MR) is 50.7 cm³/mol. The van der Waals surface area contributed by atoms with Gasteiger partial charge in [0.15, 0.2) is 5.78 Å². The molecule has 0 saturated heterocycles. The van der Waals surface area contributed by atoms with Gasteiger partial charge in [0, 0.05) is 13.0 Å². The molecule has 0 fully saturated rings. The van der Waals surface area contributed by atoms with Gasteiger partial charge < -0.3 is 4.74 Å². The largest absolute Gasteiger partial charge is 0.463 e. The molecule has 0 aliphatic heterocycles. The second kappa shape index (κ2) is 7.00. The van der Waals surface area contributed by atoms with Gasteiger partial charge in [0.2, 0.25) is 5.78 Å². The predicted octanol–water partition coefficient (Wildman–Crippen LogP) is 1.04. The highest BCUT2D eigenvalue weighted by Crippen LogP contribution is 1.90. The Balaban J connectivity index is 3.82. The zero-order valence-electron chi connectivity index (χ0n) is 8.41. The molecule has 0 aromatic rings. The first-order valence-electron chi connectivity index (χ1n) is 4.47. The lowest BCUT2D eigenvalue weighted by molar-refractivity contribution is -0.138. The third-order valence-corrected chi connectivity index (χ3v) is 1.46. The van der Waals surface area contributed by atoms with Crippen molar-refractivity contribution >= 4 is 17.5 Å². The molecule has 0 bridgehead atoms. The number of rotatable bonds is 6. The summed E-state index contributed by atoms with van der Waals surface area (Å²) in [5, 5.41) is 0. The third kappa shape index (κ3) is 6.11. The first kappa shape index (κ1) is 12.6. The standard InChI is InChI=1S/C10H14O4/c1-3-4-7-14-10(13)6-5-9(12)8(2)11/h5-6H,3-4,7H2,1-2H3/b6-5+. The molecular weight excluding hydrogens is 184 g/mol. The van der Waals surface area contributed by atoms with Gasteiger partial charge in [-0.15, -0.1) is 0 Å². The van der Waals surface area contributed by atoms with E-state index in [1.807, 2.05) is 6.92 Å². The molecule has 78 valence electrons. The Labute approximate surface area is 82.9 Å². The van der Waals surface area contributed by atoms with Crippen LogP contribution in [0.15, 0.2) is 12.2 Å². The Morgan fingerprint density at radius 1 is 1.21 bits per heavy atom. The number of ether oxygens (including phenoxy) is 1. The molecule has 0 aliphatic rings. The topological polar surface area (TPSA) is 60.4 Å². The van der Waals surface area contributed by atoms with Crippen LogP contribution in [0.1, 0.15) is 26.7 Å². The molecule has 0 aliphatic carbocycles. The highest BCUT2D eigenvalue weighted by atomic mass is 16.5. The van der Waals surface area contributed by atoms with Gasteiger partial charge >= 0.3 is 5.97 Å². The molecule has 0 amide bonds. The van der Waals surface area contributed by atoms with Gasteiger partial charge in [-0.05, 0) is 12.5 Å². The third-order valence-electron chi connectivity index (χ3n) is 1.46. The summed E-state index contributed by atoms with van der Waals surface area (Å²) < 4.78 is 4.72. The van der Waals surface area contributed by atoms with Crippen LogP contribution in [-0.4, -0.2) is 24.1 Å². The van der Waals surface area contributed by atoms with Crippen LogP contribution >= 0.6 is 0 Å². The summed E-state index contributed by atoms with van der Waals surface area (Å²) in [5.74, 6) is -1.88. The molecule has 0 saturated carbocycles. The van der Waals surface area contributed by atoms with Crippen LogP contribution in [0.3, 0.4) is 0 Å². The van der Waals surface area contributed by atoms with Crippen molar-refractivity contribution in [3.63, 3.8) is 0 Å². The molecule has 0 spiro atoms. The molecule has 0 aromatic carbocycles. The van der Waals surface area contributed by atoms with Crippen LogP contribution in [0.5, 0.6) is 0 Å². The Hall–Kier alpha value is -1.45. The van der Waals surface area contributed by atoms with Gasteiger partial charge in [-0.1, -0.05) is 13.3 Å². The highest BCUT2D eigenvalue weighted by Gasteiger charge is 2.03. The number of esters is 1. The number of hydrogen-bond acceptors (Lipinski definition) is 4. The van der Waals surface area contributed by atoms with Crippen LogP contribution in [0.4, 0.5) is 0 Å². The Bertz CT molecular complexity index is 253. The van der Waals surface area contributed by atoms with Crippen molar-refractivity contribution in [2.45, 2.75) is 26.7 Å². The van der Waals surface area contributed by atoms with E-state index in [0.717, 1.165) is 31.9 Å². The minimum Gasteiger partial charge on any atom is -0.463 e. The fourth-order valence-electron chi connectivity index (χ4n) is 0.626. The van der Waals surface area contributed by atoms with E-state index < -0.39 is 17.5 Å². The molecule has 0 N–H and O–H groups in total. The number of carbonyl (C=O) groups excluding carboxylic acids is 3. The highest BCUT2D eigenvalue weighted by molar-refractivity contribution is 6.41. The SMILES string of the molecule is CCCCOC(=O)/C=C/C(=O)C(C)=O. The number of ketones is 2. The molecule has 0 radical (unpaired) electrons. The van der Waals surface area contributed by atoms with Crippen molar-refractivity contribution in [1.29, 1.82) is 0 Å². The van der Waals surface area contributed by atoms with Crippen molar-refractivity contribution in [3.05, 3.63) is 12.2 Å². The van der Waals surface area contributed by atoms with Gasteiger partial charge in [0.05, 0.1) is 6.61 Å². The summed E-state index contributed by atoms with van der Waals surface area (Å²) in [6.45, 7) is 3.46. The first-order chi connectivity index (χ1) is 6.57. The zero-order valence-corrected chi connectivity index (χ0v) is 8.41. The minimum absolute atomic E-state index is 0.341. The first-order valence-corrected chi connectivity index (χ1v) is 4.47. The molecule has 0 heterocycles. The normalized spacial score (nSPS) is 10.1. The molecule has 4 heteroatoms. The molecule has 14 heavy (non-hydrogen) atoms. The van der Waals surface area contributed by atoms with Crippen LogP contribution in [-0.2, 0) is 19.1 Å². The molecule has 0 atom stereocenters. The van der Waals surface area contributed by atoms with Crippen LogP contribution in [0, 0.1) is 0 Å². The monoisotopic (exact) mass is 198 g/mol. The number of hydrogen-bond donors (Lipinski definition) is 0. The fourth-order valence-corrected chi connectivity index (χ4v) is 0.626. The Morgan fingerprint density at radius 3 is 2.36 bits per heavy atom. The molecule has 4 nitrogen and oxygen atoms in total. The van der Waals surface area contributed by atoms with Gasteiger partial charge in [-0.3, -0.25) is 9.59 Å². The van der Waals surface area contributed by atoms with E-state index in [4.69, 9.17) is 4.74 Å². The van der Waals surface area contributed by atoms with Gasteiger partial charge in [-0.25, -0.2) is 4.79 Å². The summed E-state index contributed by atoms with van der Waals surface area (Å²) in [7, 11) is 0. The number of Topliss-reactive ketones (excluding diaryl/α,β-unsaturated/α-hetero) is 1. The van der Waals surface area contributed by atoms with Gasteiger partial charge in [0.1, 0.15) is 0 Å². The summed E-state index contributed by atoms with van der Waals surface area (Å²) in [6.07, 6.45) is 3.62. The zero-order chi connectivity index (χ0) is 11.0. The average molecular weight is 198 g/mol. The van der Waals surface area contributed by atoms with Crippen molar-refractivity contribution in [2.75, 3.05) is 6.61 Å². The van der Waals surface area contributed by atoms with E-state index in [9.17, 15) is 14.4 Å². The number of carbonyl (C=O) groups is 3. The van der Waals surface area contributed by atoms with Crippen molar-refractivity contribution < 1.29 is 19.1 Å². The number of unbranched alkanes of at least 4 members (excludes halogenated alkanes) is 1. The quantitative estimate of drug-likeness (QED) is 0.277. The van der Waals surface area contributed by atoms with E-state index in [1.165, 1.54) is 0 Å². The summed E-state index contributed by atoms with van der Waals surface area (Å²) in [5.41, 5.74) is 0. The summed E-state index contributed by atoms with van der Waals surface area (Å²) in [4.78, 5) is 32.1. The van der Waals surface area contributed by atoms with Crippen LogP contribution < -0.4 is 0 Å². The maximum Gasteiger partial charge on any atom is 0.330 e. The summed E-state index contributed by atoms with van der Waals surface area (Å²) in [6, 6.07) is 0. The second-order valence-corrected chi connectivity index (χ2v) is 2.77. The molecule has 0 rings (SSSR count). The van der Waals surface area contributed by atoms with Gasteiger partial charge in [-0.2, -0.15) is 0 Å². The van der Waals surface area contributed by atoms with Crippen molar-refractivity contribution in [3.8, 4) is 0 Å². The van der Waals surface area contributed by atoms with E-state index in [-0.39, 0.29) is 0 Å². The second-order valence-electron chi connectivity index (χ2n) is 2.77. The Kier molecular flexibility index (Phi) is 6.28. The fraction of sp³-hybridized carbons (Fsp3) is 0.500. The van der Waals surface area contributed by atoms with E-state index in [1.54, 1.807) is 0 Å². The van der Waals surface area contributed by atoms with Gasteiger partial charge in [0.25, 0.3) is 0 Å². The minimum atomic E-state index is -0.697. The lowest BCUT2D eigenvalue weighted by Gasteiger charge is -1.98. The Morgan fingerprint density at radius 2 is 1.86 bits per heavy atom. The van der Waals surface area contributed by atoms with Crippen LogP contribution in [0.25, 0.3) is 0 Å². The molecule has 0 unspecified atom stereocenters. The van der Waals surface area contributed by atoms with E-state index in [2.05, 4.69) is 0 Å².